The summed E-state index contributed by atoms with van der Waals surface area (Å²) < 4.78 is 5.54. The molecule has 22 heavy (non-hydrogen) atoms. The van der Waals surface area contributed by atoms with E-state index in [1.54, 1.807) is 5.57 Å². The largest absolute Gasteiger partial charge is 0.460 e. The second-order valence-electron chi connectivity index (χ2n) is 9.66. The number of hydrogen-bond donors (Lipinski definition) is 0. The van der Waals surface area contributed by atoms with Gasteiger partial charge in [-0.05, 0) is 69.6 Å². The summed E-state index contributed by atoms with van der Waals surface area (Å²) in [6, 6.07) is 0. The molecule has 0 spiro atoms. The lowest BCUT2D eigenvalue weighted by atomic mass is 9.71. The molecule has 1 unspecified atom stereocenters. The van der Waals surface area contributed by atoms with Crippen molar-refractivity contribution in [2.75, 3.05) is 0 Å². The zero-order valence-electron chi connectivity index (χ0n) is 15.6. The first-order valence-corrected chi connectivity index (χ1v) is 8.83. The van der Waals surface area contributed by atoms with Crippen LogP contribution in [-0.4, -0.2) is 11.6 Å². The Morgan fingerprint density at radius 3 is 2.09 bits per heavy atom. The molecule has 1 atom stereocenters. The van der Waals surface area contributed by atoms with Gasteiger partial charge in [0.05, 0.1) is 5.92 Å². The lowest BCUT2D eigenvalue weighted by Gasteiger charge is -2.34. The summed E-state index contributed by atoms with van der Waals surface area (Å²) in [4.78, 5) is 12.2. The molecule has 0 aromatic carbocycles. The van der Waals surface area contributed by atoms with Gasteiger partial charge in [-0.1, -0.05) is 39.3 Å². The number of rotatable bonds is 2. The summed E-state index contributed by atoms with van der Waals surface area (Å²) in [7, 11) is 0. The molecular weight excluding hydrogens is 272 g/mol. The lowest BCUT2D eigenvalue weighted by Crippen LogP contribution is -2.29. The van der Waals surface area contributed by atoms with Crippen molar-refractivity contribution in [3.05, 3.63) is 11.6 Å². The zero-order chi connectivity index (χ0) is 16.8. The molecule has 0 heterocycles. The predicted octanol–water partition coefficient (Wildman–Crippen LogP) is 5.52. The van der Waals surface area contributed by atoms with Crippen molar-refractivity contribution in [2.24, 2.45) is 22.7 Å². The summed E-state index contributed by atoms with van der Waals surface area (Å²) >= 11 is 0. The van der Waals surface area contributed by atoms with E-state index in [-0.39, 0.29) is 17.5 Å². The fraction of sp³-hybridized carbons (Fsp3) is 0.850. The van der Waals surface area contributed by atoms with E-state index in [1.807, 2.05) is 20.8 Å². The Bertz CT molecular complexity index is 447. The molecule has 0 bridgehead atoms. The van der Waals surface area contributed by atoms with Crippen LogP contribution in [0.15, 0.2) is 11.6 Å². The van der Waals surface area contributed by atoms with Crippen molar-refractivity contribution in [3.8, 4) is 0 Å². The third kappa shape index (κ3) is 3.75. The molecule has 2 aliphatic rings. The third-order valence-electron chi connectivity index (χ3n) is 6.06. The van der Waals surface area contributed by atoms with Crippen molar-refractivity contribution >= 4 is 5.97 Å². The molecule has 2 rings (SSSR count). The maximum Gasteiger partial charge on any atom is 0.309 e. The average molecular weight is 306 g/mol. The Morgan fingerprint density at radius 1 is 1.14 bits per heavy atom. The van der Waals surface area contributed by atoms with Crippen LogP contribution in [0.3, 0.4) is 0 Å². The standard InChI is InChI=1S/C20H34O2/c1-18(2,3)22-17(21)15-10-8-14(9-11-15)16-12-19(4,5)20(6,7)13-16/h8,15-16H,9-13H2,1-7H3. The van der Waals surface area contributed by atoms with Crippen LogP contribution in [0.2, 0.25) is 0 Å². The molecule has 0 aromatic heterocycles. The van der Waals surface area contributed by atoms with E-state index < -0.39 is 0 Å². The molecule has 0 radical (unpaired) electrons. The van der Waals surface area contributed by atoms with Gasteiger partial charge in [-0.3, -0.25) is 4.79 Å². The Kier molecular flexibility index (Phi) is 4.54. The number of allylic oxidation sites excluding steroid dienone is 2. The first-order valence-electron chi connectivity index (χ1n) is 8.83. The molecule has 0 amide bonds. The summed E-state index contributed by atoms with van der Waals surface area (Å²) in [5, 5.41) is 0. The minimum Gasteiger partial charge on any atom is -0.460 e. The van der Waals surface area contributed by atoms with Gasteiger partial charge in [0, 0.05) is 0 Å². The normalized spacial score (nSPS) is 28.3. The fourth-order valence-corrected chi connectivity index (χ4v) is 3.94. The Hall–Kier alpha value is -0.790. The van der Waals surface area contributed by atoms with E-state index >= 15 is 0 Å². The van der Waals surface area contributed by atoms with Crippen molar-refractivity contribution in [1.82, 2.24) is 0 Å². The summed E-state index contributed by atoms with van der Waals surface area (Å²) in [5.41, 5.74) is 2.03. The van der Waals surface area contributed by atoms with E-state index in [0.29, 0.717) is 16.7 Å². The van der Waals surface area contributed by atoms with E-state index in [4.69, 9.17) is 4.74 Å². The van der Waals surface area contributed by atoms with Gasteiger partial charge in [-0.25, -0.2) is 0 Å². The molecule has 0 saturated heterocycles. The van der Waals surface area contributed by atoms with E-state index in [1.165, 1.54) is 12.8 Å². The molecule has 0 aliphatic heterocycles. The molecule has 0 aromatic rings. The highest BCUT2D eigenvalue weighted by Gasteiger charge is 2.47. The van der Waals surface area contributed by atoms with Crippen molar-refractivity contribution < 1.29 is 9.53 Å². The molecule has 1 saturated carbocycles. The molecule has 2 aliphatic carbocycles. The predicted molar refractivity (Wildman–Crippen MR) is 91.6 cm³/mol. The first-order chi connectivity index (χ1) is 9.91. The van der Waals surface area contributed by atoms with Crippen LogP contribution in [-0.2, 0) is 9.53 Å². The van der Waals surface area contributed by atoms with Crippen molar-refractivity contribution in [3.63, 3.8) is 0 Å². The van der Waals surface area contributed by atoms with Gasteiger partial charge < -0.3 is 4.74 Å². The summed E-state index contributed by atoms with van der Waals surface area (Å²) in [5.74, 6) is 0.755. The maximum absolute atomic E-state index is 12.2. The maximum atomic E-state index is 12.2. The zero-order valence-corrected chi connectivity index (χ0v) is 15.6. The van der Waals surface area contributed by atoms with Crippen LogP contribution >= 0.6 is 0 Å². The first kappa shape index (κ1) is 17.6. The second-order valence-corrected chi connectivity index (χ2v) is 9.66. The minimum absolute atomic E-state index is 0.0186. The Balaban J connectivity index is 1.97. The van der Waals surface area contributed by atoms with Gasteiger partial charge in [-0.15, -0.1) is 0 Å². The molecular formula is C20H34O2. The topological polar surface area (TPSA) is 26.3 Å². The quantitative estimate of drug-likeness (QED) is 0.496. The molecule has 1 fully saturated rings. The van der Waals surface area contributed by atoms with Crippen LogP contribution in [0.4, 0.5) is 0 Å². The number of hydrogen-bond acceptors (Lipinski definition) is 2. The molecule has 0 N–H and O–H groups in total. The minimum atomic E-state index is -0.374. The highest BCUT2D eigenvalue weighted by Crippen LogP contribution is 2.57. The van der Waals surface area contributed by atoms with Gasteiger partial charge in [0.2, 0.25) is 0 Å². The van der Waals surface area contributed by atoms with Gasteiger partial charge >= 0.3 is 5.97 Å². The van der Waals surface area contributed by atoms with E-state index in [9.17, 15) is 4.79 Å². The Morgan fingerprint density at radius 2 is 1.68 bits per heavy atom. The highest BCUT2D eigenvalue weighted by atomic mass is 16.6. The monoisotopic (exact) mass is 306 g/mol. The number of carbonyl (C=O) groups excluding carboxylic acids is 1. The fourth-order valence-electron chi connectivity index (χ4n) is 3.94. The smallest absolute Gasteiger partial charge is 0.309 e. The molecule has 2 nitrogen and oxygen atoms in total. The second kappa shape index (κ2) is 5.69. The van der Waals surface area contributed by atoms with E-state index in [0.717, 1.165) is 19.3 Å². The molecule has 2 heteroatoms. The SMILES string of the molecule is CC(C)(C)OC(=O)C1CC=C(C2CC(C)(C)C(C)(C)C2)CC1. The van der Waals surface area contributed by atoms with E-state index in [2.05, 4.69) is 33.8 Å². The summed E-state index contributed by atoms with van der Waals surface area (Å²) in [6.45, 7) is 15.4. The number of esters is 1. The lowest BCUT2D eigenvalue weighted by molar-refractivity contribution is -0.160. The summed E-state index contributed by atoms with van der Waals surface area (Å²) in [6.07, 6.45) is 7.80. The highest BCUT2D eigenvalue weighted by molar-refractivity contribution is 5.73. The van der Waals surface area contributed by atoms with Crippen LogP contribution in [0.25, 0.3) is 0 Å². The average Bonchev–Trinajstić information content (AvgIpc) is 2.56. The third-order valence-corrected chi connectivity index (χ3v) is 6.06. The molecule has 126 valence electrons. The van der Waals surface area contributed by atoms with Crippen molar-refractivity contribution in [1.29, 1.82) is 0 Å². The van der Waals surface area contributed by atoms with Gasteiger partial charge in [0.25, 0.3) is 0 Å². The van der Waals surface area contributed by atoms with Gasteiger partial charge in [-0.2, -0.15) is 0 Å². The van der Waals surface area contributed by atoms with Gasteiger partial charge in [0.15, 0.2) is 0 Å². The van der Waals surface area contributed by atoms with Crippen LogP contribution in [0.1, 0.15) is 80.6 Å². The van der Waals surface area contributed by atoms with Crippen LogP contribution < -0.4 is 0 Å². The van der Waals surface area contributed by atoms with Crippen molar-refractivity contribution in [2.45, 2.75) is 86.2 Å². The van der Waals surface area contributed by atoms with Crippen LogP contribution in [0, 0.1) is 22.7 Å². The van der Waals surface area contributed by atoms with Crippen LogP contribution in [0.5, 0.6) is 0 Å². The number of carbonyl (C=O) groups is 1. The Labute approximate surface area is 136 Å². The van der Waals surface area contributed by atoms with Gasteiger partial charge in [0.1, 0.15) is 5.60 Å². The number of ether oxygens (including phenoxy) is 1.